The summed E-state index contributed by atoms with van der Waals surface area (Å²) >= 11 is 0. The normalized spacial score (nSPS) is 11.6. The maximum Gasteiger partial charge on any atom is 0.119 e. The number of hydrogen-bond acceptors (Lipinski definition) is 1. The number of aromatic hydroxyl groups is 1. The molecule has 2 radical (unpaired) electrons. The van der Waals surface area contributed by atoms with Gasteiger partial charge in [0.1, 0.15) is 13.6 Å². The Balaban J connectivity index is 2.92. The molecule has 24 heavy (non-hydrogen) atoms. The molecule has 2 rings (SSSR count). The molecule has 2 aromatic rings. The van der Waals surface area contributed by atoms with Crippen molar-refractivity contribution in [3.8, 4) is 16.9 Å². The van der Waals surface area contributed by atoms with Gasteiger partial charge in [-0.15, -0.1) is 0 Å². The summed E-state index contributed by atoms with van der Waals surface area (Å²) in [4.78, 5) is 0. The third kappa shape index (κ3) is 2.99. The lowest BCUT2D eigenvalue weighted by Crippen LogP contribution is -2.13. The summed E-state index contributed by atoms with van der Waals surface area (Å²) in [6.07, 6.45) is 0. The van der Waals surface area contributed by atoms with Gasteiger partial charge in [-0.25, -0.2) is 0 Å². The highest BCUT2D eigenvalue weighted by molar-refractivity contribution is 6.36. The summed E-state index contributed by atoms with van der Waals surface area (Å²) in [5.74, 6) is 1.16. The molecule has 0 aliphatic heterocycles. The van der Waals surface area contributed by atoms with Gasteiger partial charge in [0.25, 0.3) is 0 Å². The minimum atomic E-state index is 0.218. The highest BCUT2D eigenvalue weighted by atomic mass is 16.3. The van der Waals surface area contributed by atoms with Crippen LogP contribution in [-0.2, 0) is 0 Å². The third-order valence-electron chi connectivity index (χ3n) is 5.36. The first-order valence-electron chi connectivity index (χ1n) is 8.80. The van der Waals surface area contributed by atoms with Crippen LogP contribution < -0.4 is 5.46 Å². The van der Waals surface area contributed by atoms with Crippen molar-refractivity contribution in [2.24, 2.45) is 0 Å². The van der Waals surface area contributed by atoms with Crippen LogP contribution in [-0.4, -0.2) is 13.0 Å². The number of phenols is 1. The quantitative estimate of drug-likeness (QED) is 0.758. The summed E-state index contributed by atoms with van der Waals surface area (Å²) in [5, 5.41) is 10.3. The Hall–Kier alpha value is -1.70. The number of phenolic OH excluding ortho intramolecular Hbond substituents is 1. The van der Waals surface area contributed by atoms with E-state index in [-0.39, 0.29) is 5.75 Å². The highest BCUT2D eigenvalue weighted by Crippen LogP contribution is 2.38. The minimum absolute atomic E-state index is 0.218. The average Bonchev–Trinajstić information content (AvgIpc) is 2.52. The molecule has 0 aromatic heterocycles. The highest BCUT2D eigenvalue weighted by Gasteiger charge is 2.19. The van der Waals surface area contributed by atoms with Crippen LogP contribution in [0.15, 0.2) is 12.1 Å². The molecule has 0 aliphatic carbocycles. The second kappa shape index (κ2) is 6.66. The summed E-state index contributed by atoms with van der Waals surface area (Å²) in [6, 6.07) is 4.65. The Morgan fingerprint density at radius 2 is 1.38 bits per heavy atom. The minimum Gasteiger partial charge on any atom is -0.508 e. The Labute approximate surface area is 148 Å². The molecule has 126 valence electrons. The SMILES string of the molecule is [B]c1c(C)c(-c2cc(C(C)C)cc(C(C)C)c2C)c(C)c(C)c1O. The first-order valence-corrected chi connectivity index (χ1v) is 8.80. The number of rotatable bonds is 3. The summed E-state index contributed by atoms with van der Waals surface area (Å²) in [6.45, 7) is 17.2. The topological polar surface area (TPSA) is 20.2 Å². The summed E-state index contributed by atoms with van der Waals surface area (Å²) in [5.41, 5.74) is 9.90. The van der Waals surface area contributed by atoms with E-state index in [1.807, 2.05) is 13.8 Å². The van der Waals surface area contributed by atoms with Gasteiger partial charge in [0.2, 0.25) is 0 Å². The Morgan fingerprint density at radius 1 is 0.792 bits per heavy atom. The Bertz CT molecular complexity index is 756. The lowest BCUT2D eigenvalue weighted by molar-refractivity contribution is 0.474. The van der Waals surface area contributed by atoms with Gasteiger partial charge in [0.05, 0.1) is 0 Å². The van der Waals surface area contributed by atoms with E-state index in [0.717, 1.165) is 16.7 Å². The maximum absolute atomic E-state index is 10.3. The smallest absolute Gasteiger partial charge is 0.119 e. The molecule has 0 saturated carbocycles. The first-order chi connectivity index (χ1) is 11.1. The monoisotopic (exact) mass is 320 g/mol. The van der Waals surface area contributed by atoms with Gasteiger partial charge in [-0.05, 0) is 84.0 Å². The second-order valence-electron chi connectivity index (χ2n) is 7.60. The first kappa shape index (κ1) is 18.6. The molecular formula is C22H29BO. The molecule has 2 heteroatoms. The van der Waals surface area contributed by atoms with Gasteiger partial charge in [-0.3, -0.25) is 0 Å². The van der Waals surface area contributed by atoms with E-state index < -0.39 is 0 Å². The third-order valence-corrected chi connectivity index (χ3v) is 5.36. The fourth-order valence-corrected chi connectivity index (χ4v) is 3.52. The molecule has 0 spiro atoms. The van der Waals surface area contributed by atoms with Crippen molar-refractivity contribution in [2.45, 2.75) is 67.2 Å². The van der Waals surface area contributed by atoms with E-state index in [1.165, 1.54) is 27.8 Å². The second-order valence-corrected chi connectivity index (χ2v) is 7.60. The molecule has 0 saturated heterocycles. The molecule has 0 bridgehead atoms. The van der Waals surface area contributed by atoms with Crippen LogP contribution >= 0.6 is 0 Å². The fourth-order valence-electron chi connectivity index (χ4n) is 3.52. The lowest BCUT2D eigenvalue weighted by Gasteiger charge is -2.23. The van der Waals surface area contributed by atoms with Gasteiger partial charge in [-0.2, -0.15) is 0 Å². The van der Waals surface area contributed by atoms with E-state index in [4.69, 9.17) is 7.85 Å². The predicted octanol–water partition coefficient (Wildman–Crippen LogP) is 5.33. The summed E-state index contributed by atoms with van der Waals surface area (Å²) < 4.78 is 0. The molecule has 0 unspecified atom stereocenters. The van der Waals surface area contributed by atoms with Crippen molar-refractivity contribution in [3.05, 3.63) is 45.5 Å². The van der Waals surface area contributed by atoms with Crippen LogP contribution in [0.4, 0.5) is 0 Å². The van der Waals surface area contributed by atoms with E-state index in [0.29, 0.717) is 17.3 Å². The van der Waals surface area contributed by atoms with Crippen molar-refractivity contribution >= 4 is 13.3 Å². The average molecular weight is 320 g/mol. The van der Waals surface area contributed by atoms with Crippen LogP contribution in [0.2, 0.25) is 0 Å². The molecule has 0 amide bonds. The summed E-state index contributed by atoms with van der Waals surface area (Å²) in [7, 11) is 6.19. The van der Waals surface area contributed by atoms with Crippen molar-refractivity contribution in [1.82, 2.24) is 0 Å². The van der Waals surface area contributed by atoms with Gasteiger partial charge < -0.3 is 5.11 Å². The fraction of sp³-hybridized carbons (Fsp3) is 0.455. The largest absolute Gasteiger partial charge is 0.508 e. The Kier molecular flexibility index (Phi) is 5.18. The van der Waals surface area contributed by atoms with E-state index >= 15 is 0 Å². The molecule has 0 heterocycles. The van der Waals surface area contributed by atoms with Crippen molar-refractivity contribution in [2.75, 3.05) is 0 Å². The standard InChI is InChI=1S/C22H29BO/c1-11(2)17-9-18(12(3)4)15(7)19(10-17)20-13(5)14(6)22(24)21(23)16(20)8/h9-12,24H,1-8H3. The van der Waals surface area contributed by atoms with Crippen molar-refractivity contribution < 1.29 is 5.11 Å². The van der Waals surface area contributed by atoms with Gasteiger partial charge in [0.15, 0.2) is 0 Å². The van der Waals surface area contributed by atoms with Crippen LogP contribution in [0.3, 0.4) is 0 Å². The molecule has 2 aromatic carbocycles. The lowest BCUT2D eigenvalue weighted by atomic mass is 9.78. The molecule has 1 N–H and O–H groups in total. The van der Waals surface area contributed by atoms with Crippen molar-refractivity contribution in [1.29, 1.82) is 0 Å². The number of hydrogen-bond donors (Lipinski definition) is 1. The molecule has 0 aliphatic rings. The van der Waals surface area contributed by atoms with Crippen LogP contribution in [0.1, 0.15) is 72.9 Å². The zero-order valence-electron chi connectivity index (χ0n) is 16.3. The van der Waals surface area contributed by atoms with Gasteiger partial charge in [0, 0.05) is 0 Å². The molecular weight excluding hydrogens is 291 g/mol. The van der Waals surface area contributed by atoms with Gasteiger partial charge in [-0.1, -0.05) is 45.3 Å². The van der Waals surface area contributed by atoms with E-state index in [9.17, 15) is 5.11 Å². The van der Waals surface area contributed by atoms with Gasteiger partial charge >= 0.3 is 0 Å². The van der Waals surface area contributed by atoms with Crippen molar-refractivity contribution in [3.63, 3.8) is 0 Å². The zero-order valence-corrected chi connectivity index (χ0v) is 16.3. The predicted molar refractivity (Wildman–Crippen MR) is 106 cm³/mol. The molecule has 0 fully saturated rings. The number of benzene rings is 2. The van der Waals surface area contributed by atoms with Crippen LogP contribution in [0.25, 0.3) is 11.1 Å². The van der Waals surface area contributed by atoms with Crippen LogP contribution in [0.5, 0.6) is 5.75 Å². The van der Waals surface area contributed by atoms with Crippen LogP contribution in [0, 0.1) is 27.7 Å². The maximum atomic E-state index is 10.3. The molecule has 1 nitrogen and oxygen atoms in total. The zero-order chi connectivity index (χ0) is 18.3. The van der Waals surface area contributed by atoms with E-state index in [1.54, 1.807) is 0 Å². The molecule has 0 atom stereocenters. The van der Waals surface area contributed by atoms with E-state index in [2.05, 4.69) is 53.7 Å². The Morgan fingerprint density at radius 3 is 1.88 bits per heavy atom.